The van der Waals surface area contributed by atoms with Gasteiger partial charge in [-0.1, -0.05) is 0 Å². The molecule has 2 aromatic heterocycles. The molecule has 0 saturated carbocycles. The Morgan fingerprint density at radius 3 is 3.11 bits per heavy atom. The van der Waals surface area contributed by atoms with Crippen LogP contribution in [-0.2, 0) is 6.54 Å². The first-order chi connectivity index (χ1) is 13.8. The average molecular weight is 395 g/mol. The van der Waals surface area contributed by atoms with Crippen molar-refractivity contribution in [3.63, 3.8) is 0 Å². The largest absolute Gasteiger partial charge is 0.454 e. The number of piperidine rings is 1. The van der Waals surface area contributed by atoms with E-state index in [1.54, 1.807) is 17.5 Å². The first-order valence-corrected chi connectivity index (χ1v) is 10.3. The Bertz CT molecular complexity index is 949. The van der Waals surface area contributed by atoms with Gasteiger partial charge < -0.3 is 19.7 Å². The van der Waals surface area contributed by atoms with Gasteiger partial charge in [0.05, 0.1) is 5.69 Å². The van der Waals surface area contributed by atoms with Gasteiger partial charge in [0, 0.05) is 42.8 Å². The van der Waals surface area contributed by atoms with E-state index >= 15 is 0 Å². The lowest BCUT2D eigenvalue weighted by Crippen LogP contribution is -2.45. The Balaban J connectivity index is 1.21. The number of nitrogens with one attached hydrogen (secondary N) is 1. The molecule has 7 nitrogen and oxygen atoms in total. The third-order valence-corrected chi connectivity index (χ3v) is 5.99. The Morgan fingerprint density at radius 1 is 1.21 bits per heavy atom. The average Bonchev–Trinajstić information content (AvgIpc) is 3.42. The van der Waals surface area contributed by atoms with Crippen LogP contribution < -0.4 is 19.7 Å². The zero-order valence-electron chi connectivity index (χ0n) is 15.4. The monoisotopic (exact) mass is 395 g/mol. The van der Waals surface area contributed by atoms with Crippen LogP contribution in [-0.4, -0.2) is 41.1 Å². The molecule has 28 heavy (non-hydrogen) atoms. The van der Waals surface area contributed by atoms with Gasteiger partial charge in [-0.15, -0.1) is 16.4 Å². The molecule has 0 bridgehead atoms. The highest BCUT2D eigenvalue weighted by Gasteiger charge is 2.21. The fourth-order valence-electron chi connectivity index (χ4n) is 3.61. The highest BCUT2D eigenvalue weighted by atomic mass is 32.1. The smallest absolute Gasteiger partial charge is 0.231 e. The number of hydrogen-bond donors (Lipinski definition) is 1. The quantitative estimate of drug-likeness (QED) is 0.712. The van der Waals surface area contributed by atoms with Gasteiger partial charge in [0.15, 0.2) is 17.3 Å². The summed E-state index contributed by atoms with van der Waals surface area (Å²) < 4.78 is 10.8. The van der Waals surface area contributed by atoms with Crippen LogP contribution in [0, 0.1) is 0 Å². The zero-order chi connectivity index (χ0) is 18.8. The molecule has 144 valence electrons. The molecule has 1 unspecified atom stereocenters. The summed E-state index contributed by atoms with van der Waals surface area (Å²) in [5.74, 6) is 2.54. The molecular weight excluding hydrogens is 374 g/mol. The van der Waals surface area contributed by atoms with Gasteiger partial charge in [0.2, 0.25) is 6.79 Å². The van der Waals surface area contributed by atoms with Crippen molar-refractivity contribution in [2.45, 2.75) is 25.4 Å². The summed E-state index contributed by atoms with van der Waals surface area (Å²) in [7, 11) is 0. The van der Waals surface area contributed by atoms with Crippen molar-refractivity contribution < 1.29 is 9.47 Å². The topological polar surface area (TPSA) is 72.4 Å². The van der Waals surface area contributed by atoms with Gasteiger partial charge in [-0.05, 0) is 43.2 Å². The molecule has 1 N–H and O–H groups in total. The fraction of sp³-hybridized carbons (Fsp3) is 0.350. The van der Waals surface area contributed by atoms with Crippen molar-refractivity contribution in [2.24, 2.45) is 0 Å². The maximum absolute atomic E-state index is 5.47. The van der Waals surface area contributed by atoms with Crippen LogP contribution in [0.2, 0.25) is 0 Å². The highest BCUT2D eigenvalue weighted by Crippen LogP contribution is 2.36. The highest BCUT2D eigenvalue weighted by molar-refractivity contribution is 7.13. The number of aromatic nitrogens is 3. The Kier molecular flexibility index (Phi) is 4.80. The fourth-order valence-corrected chi connectivity index (χ4v) is 4.43. The molecule has 2 aliphatic rings. The molecule has 1 fully saturated rings. The van der Waals surface area contributed by atoms with Gasteiger partial charge in [-0.25, -0.2) is 4.98 Å². The summed E-state index contributed by atoms with van der Waals surface area (Å²) in [6.45, 7) is 3.03. The molecule has 1 saturated heterocycles. The first kappa shape index (κ1) is 17.4. The molecule has 8 heteroatoms. The lowest BCUT2D eigenvalue weighted by Gasteiger charge is -2.33. The number of benzene rings is 1. The molecule has 0 radical (unpaired) electrons. The van der Waals surface area contributed by atoms with E-state index < -0.39 is 0 Å². The van der Waals surface area contributed by atoms with E-state index in [1.807, 2.05) is 30.3 Å². The Hall–Kier alpha value is -2.71. The number of rotatable bonds is 5. The van der Waals surface area contributed by atoms with E-state index in [0.717, 1.165) is 66.1 Å². The molecular formula is C20H21N5O2S. The van der Waals surface area contributed by atoms with E-state index in [4.69, 9.17) is 14.5 Å². The predicted octanol–water partition coefficient (Wildman–Crippen LogP) is 3.09. The maximum Gasteiger partial charge on any atom is 0.231 e. The third kappa shape index (κ3) is 3.65. The van der Waals surface area contributed by atoms with Crippen molar-refractivity contribution in [1.29, 1.82) is 0 Å². The molecule has 4 heterocycles. The van der Waals surface area contributed by atoms with Crippen LogP contribution >= 0.6 is 11.3 Å². The number of ether oxygens (including phenoxy) is 2. The number of nitrogens with zero attached hydrogens (tertiary/aromatic N) is 4. The summed E-state index contributed by atoms with van der Waals surface area (Å²) >= 11 is 1.66. The van der Waals surface area contributed by atoms with Crippen molar-refractivity contribution in [1.82, 2.24) is 20.5 Å². The summed E-state index contributed by atoms with van der Waals surface area (Å²) in [6.07, 6.45) is 4.02. The molecule has 1 atom stereocenters. The SMILES string of the molecule is c1cnnc(N2CCCC(NCc3csc(-c4ccc5c(c4)OCO5)n3)C2)c1. The van der Waals surface area contributed by atoms with Gasteiger partial charge in [-0.3, -0.25) is 0 Å². The molecule has 1 aromatic carbocycles. The normalized spacial score (nSPS) is 18.4. The summed E-state index contributed by atoms with van der Waals surface area (Å²) in [5.41, 5.74) is 2.13. The zero-order valence-corrected chi connectivity index (χ0v) is 16.2. The molecule has 0 aliphatic carbocycles. The van der Waals surface area contributed by atoms with Gasteiger partial charge in [0.25, 0.3) is 0 Å². The summed E-state index contributed by atoms with van der Waals surface area (Å²) in [4.78, 5) is 7.09. The van der Waals surface area contributed by atoms with Crippen molar-refractivity contribution in [3.05, 3.63) is 47.6 Å². The van der Waals surface area contributed by atoms with E-state index in [-0.39, 0.29) is 0 Å². The van der Waals surface area contributed by atoms with Gasteiger partial charge >= 0.3 is 0 Å². The second kappa shape index (κ2) is 7.73. The van der Waals surface area contributed by atoms with Crippen LogP contribution in [0.4, 0.5) is 5.82 Å². The molecule has 3 aromatic rings. The van der Waals surface area contributed by atoms with Crippen LogP contribution in [0.1, 0.15) is 18.5 Å². The third-order valence-electron chi connectivity index (χ3n) is 5.05. The molecule has 0 amide bonds. The van der Waals surface area contributed by atoms with Crippen molar-refractivity contribution in [2.75, 3.05) is 24.8 Å². The predicted molar refractivity (Wildman–Crippen MR) is 108 cm³/mol. The van der Waals surface area contributed by atoms with Crippen LogP contribution in [0.25, 0.3) is 10.6 Å². The van der Waals surface area contributed by atoms with Crippen molar-refractivity contribution >= 4 is 17.2 Å². The number of hydrogen-bond acceptors (Lipinski definition) is 8. The second-order valence-electron chi connectivity index (χ2n) is 6.96. The van der Waals surface area contributed by atoms with Crippen LogP contribution in [0.5, 0.6) is 11.5 Å². The number of anilines is 1. The Labute approximate surface area is 167 Å². The standard InChI is InChI=1S/C20H21N5O2S/c1-4-19(24-22-7-1)25-8-2-3-15(11-25)21-10-16-12-28-20(23-16)14-5-6-17-18(9-14)27-13-26-17/h1,4-7,9,12,15,21H,2-3,8,10-11,13H2. The minimum Gasteiger partial charge on any atom is -0.454 e. The van der Waals surface area contributed by atoms with Crippen LogP contribution in [0.15, 0.2) is 41.9 Å². The van der Waals surface area contributed by atoms with E-state index in [2.05, 4.69) is 25.8 Å². The second-order valence-corrected chi connectivity index (χ2v) is 7.82. The number of fused-ring (bicyclic) bond motifs is 1. The molecule has 0 spiro atoms. The first-order valence-electron chi connectivity index (χ1n) is 9.45. The van der Waals surface area contributed by atoms with Crippen molar-refractivity contribution in [3.8, 4) is 22.1 Å². The Morgan fingerprint density at radius 2 is 2.18 bits per heavy atom. The molecule has 5 rings (SSSR count). The minimum atomic E-state index is 0.290. The van der Waals surface area contributed by atoms with E-state index in [1.165, 1.54) is 0 Å². The summed E-state index contributed by atoms with van der Waals surface area (Å²) in [6, 6.07) is 10.4. The number of thiazole rings is 1. The van der Waals surface area contributed by atoms with E-state index in [9.17, 15) is 0 Å². The van der Waals surface area contributed by atoms with Gasteiger partial charge in [-0.2, -0.15) is 5.10 Å². The summed E-state index contributed by atoms with van der Waals surface area (Å²) in [5, 5.41) is 15.0. The van der Waals surface area contributed by atoms with Crippen LogP contribution in [0.3, 0.4) is 0 Å². The molecule has 2 aliphatic heterocycles. The lowest BCUT2D eigenvalue weighted by atomic mass is 10.1. The lowest BCUT2D eigenvalue weighted by molar-refractivity contribution is 0.174. The van der Waals surface area contributed by atoms with E-state index in [0.29, 0.717) is 12.8 Å². The maximum atomic E-state index is 5.47. The van der Waals surface area contributed by atoms with Gasteiger partial charge in [0.1, 0.15) is 5.01 Å². The minimum absolute atomic E-state index is 0.290.